The third-order valence-corrected chi connectivity index (χ3v) is 3.96. The van der Waals surface area contributed by atoms with Crippen molar-refractivity contribution in [2.24, 2.45) is 0 Å². The minimum Gasteiger partial charge on any atom is -0.375 e. The Hall–Kier alpha value is -1.68. The molecule has 1 aliphatic heterocycles. The molecule has 3 nitrogen and oxygen atoms in total. The molecule has 1 aliphatic rings. The molecule has 0 radical (unpaired) electrons. The summed E-state index contributed by atoms with van der Waals surface area (Å²) in [5.74, 6) is 0. The van der Waals surface area contributed by atoms with Crippen molar-refractivity contribution in [3.05, 3.63) is 71.8 Å². The molecule has 2 aromatic rings. The van der Waals surface area contributed by atoms with E-state index in [1.807, 2.05) is 72.6 Å². The number of ether oxygens (including phenoxy) is 1. The second-order valence-electron chi connectivity index (χ2n) is 5.17. The van der Waals surface area contributed by atoms with E-state index < -0.39 is 11.8 Å². The van der Waals surface area contributed by atoms with Gasteiger partial charge in [0.15, 0.2) is 5.60 Å². The highest BCUT2D eigenvalue weighted by Crippen LogP contribution is 2.39. The summed E-state index contributed by atoms with van der Waals surface area (Å²) in [6.07, 6.45) is -0.707. The van der Waals surface area contributed by atoms with Gasteiger partial charge in [-0.2, -0.15) is 0 Å². The lowest BCUT2D eigenvalue weighted by molar-refractivity contribution is -0.198. The summed E-state index contributed by atoms with van der Waals surface area (Å²) in [5.41, 5.74) is 1.13. The highest BCUT2D eigenvalue weighted by atomic mass is 16.5. The third kappa shape index (κ3) is 2.04. The van der Waals surface area contributed by atoms with Gasteiger partial charge in [0, 0.05) is 6.54 Å². The molecule has 2 aromatic carbocycles. The molecule has 1 fully saturated rings. The van der Waals surface area contributed by atoms with Crippen molar-refractivity contribution in [3.63, 3.8) is 0 Å². The number of hydrogen-bond donors (Lipinski definition) is 1. The molecule has 0 aliphatic carbocycles. The molecular formula is C17H19NO2. The van der Waals surface area contributed by atoms with Gasteiger partial charge in [-0.05, 0) is 18.2 Å². The lowest BCUT2D eigenvalue weighted by atomic mass is 9.83. The maximum absolute atomic E-state index is 10.8. The normalized spacial score (nSPS) is 22.6. The number of nitrogens with zero attached hydrogens (tertiary/aromatic N) is 1. The molecule has 0 bridgehead atoms. The predicted octanol–water partition coefficient (Wildman–Crippen LogP) is 2.21. The van der Waals surface area contributed by atoms with Gasteiger partial charge < -0.3 is 9.84 Å². The van der Waals surface area contributed by atoms with Crippen LogP contribution < -0.4 is 0 Å². The zero-order valence-electron chi connectivity index (χ0n) is 11.6. The summed E-state index contributed by atoms with van der Waals surface area (Å²) in [5, 5.41) is 10.8. The first-order valence-corrected chi connectivity index (χ1v) is 6.88. The molecule has 3 heteroatoms. The highest BCUT2D eigenvalue weighted by Gasteiger charge is 2.47. The van der Waals surface area contributed by atoms with Gasteiger partial charge in [0.1, 0.15) is 6.23 Å². The van der Waals surface area contributed by atoms with Crippen molar-refractivity contribution in [1.29, 1.82) is 0 Å². The van der Waals surface area contributed by atoms with E-state index in [1.165, 1.54) is 0 Å². The van der Waals surface area contributed by atoms with E-state index >= 15 is 0 Å². The van der Waals surface area contributed by atoms with E-state index in [0.717, 1.165) is 17.7 Å². The third-order valence-electron chi connectivity index (χ3n) is 3.96. The van der Waals surface area contributed by atoms with Gasteiger partial charge >= 0.3 is 0 Å². The number of rotatable bonds is 2. The van der Waals surface area contributed by atoms with Crippen molar-refractivity contribution >= 4 is 0 Å². The van der Waals surface area contributed by atoms with Crippen molar-refractivity contribution in [2.75, 3.05) is 20.2 Å². The number of hydrogen-bond acceptors (Lipinski definition) is 3. The van der Waals surface area contributed by atoms with E-state index in [0.29, 0.717) is 6.61 Å². The van der Waals surface area contributed by atoms with Crippen LogP contribution in [-0.4, -0.2) is 36.4 Å². The summed E-state index contributed by atoms with van der Waals surface area (Å²) in [6.45, 7) is 1.32. The minimum atomic E-state index is -0.824. The average Bonchev–Trinajstić information content (AvgIpc) is 2.52. The van der Waals surface area contributed by atoms with Gasteiger partial charge in [-0.25, -0.2) is 0 Å². The molecule has 0 saturated carbocycles. The highest BCUT2D eigenvalue weighted by molar-refractivity contribution is 5.38. The van der Waals surface area contributed by atoms with Gasteiger partial charge in [0.2, 0.25) is 0 Å². The quantitative estimate of drug-likeness (QED) is 0.907. The Labute approximate surface area is 119 Å². The van der Waals surface area contributed by atoms with Crippen LogP contribution in [0, 0.1) is 0 Å². The molecule has 0 aromatic heterocycles. The lowest BCUT2D eigenvalue weighted by Crippen LogP contribution is -2.57. The van der Waals surface area contributed by atoms with E-state index in [-0.39, 0.29) is 0 Å². The Bertz CT molecular complexity index is 516. The van der Waals surface area contributed by atoms with Crippen LogP contribution in [0.4, 0.5) is 0 Å². The zero-order chi connectivity index (χ0) is 14.0. The second-order valence-corrected chi connectivity index (χ2v) is 5.17. The standard InChI is InChI=1S/C17H19NO2/c1-18-12-13-20-17(16(18)19,14-8-4-2-5-9-14)15-10-6-3-7-11-15/h2-11,16,19H,12-13H2,1H3. The largest absolute Gasteiger partial charge is 0.375 e. The maximum Gasteiger partial charge on any atom is 0.157 e. The Balaban J connectivity index is 2.18. The first-order chi connectivity index (χ1) is 9.75. The fourth-order valence-electron chi connectivity index (χ4n) is 2.86. The van der Waals surface area contributed by atoms with Gasteiger partial charge in [0.25, 0.3) is 0 Å². The number of aliphatic hydroxyl groups is 1. The topological polar surface area (TPSA) is 32.7 Å². The van der Waals surface area contributed by atoms with Crippen LogP contribution in [-0.2, 0) is 10.3 Å². The van der Waals surface area contributed by atoms with Crippen molar-refractivity contribution in [1.82, 2.24) is 4.90 Å². The Morgan fingerprint density at radius 2 is 1.50 bits per heavy atom. The Morgan fingerprint density at radius 1 is 1.00 bits per heavy atom. The van der Waals surface area contributed by atoms with Crippen LogP contribution in [0.15, 0.2) is 60.7 Å². The lowest BCUT2D eigenvalue weighted by Gasteiger charge is -2.46. The smallest absolute Gasteiger partial charge is 0.157 e. The SMILES string of the molecule is CN1CCOC(c2ccccc2)(c2ccccc2)C1O. The molecule has 104 valence electrons. The summed E-state index contributed by atoms with van der Waals surface area (Å²) >= 11 is 0. The predicted molar refractivity (Wildman–Crippen MR) is 78.3 cm³/mol. The monoisotopic (exact) mass is 269 g/mol. The molecule has 1 N–H and O–H groups in total. The fourth-order valence-corrected chi connectivity index (χ4v) is 2.86. The van der Waals surface area contributed by atoms with E-state index in [4.69, 9.17) is 4.74 Å². The number of morpholine rings is 1. The first-order valence-electron chi connectivity index (χ1n) is 6.88. The molecule has 1 saturated heterocycles. The van der Waals surface area contributed by atoms with Crippen LogP contribution in [0.25, 0.3) is 0 Å². The van der Waals surface area contributed by atoms with Crippen LogP contribution in [0.2, 0.25) is 0 Å². The van der Waals surface area contributed by atoms with Crippen molar-refractivity contribution in [3.8, 4) is 0 Å². The first kappa shape index (κ1) is 13.3. The zero-order valence-corrected chi connectivity index (χ0v) is 11.6. The number of benzene rings is 2. The van der Waals surface area contributed by atoms with Gasteiger partial charge in [-0.3, -0.25) is 4.90 Å². The average molecular weight is 269 g/mol. The molecule has 1 atom stereocenters. The van der Waals surface area contributed by atoms with Gasteiger partial charge in [-0.15, -0.1) is 0 Å². The van der Waals surface area contributed by atoms with Gasteiger partial charge in [-0.1, -0.05) is 60.7 Å². The van der Waals surface area contributed by atoms with E-state index in [2.05, 4.69) is 0 Å². The van der Waals surface area contributed by atoms with Crippen LogP contribution in [0.1, 0.15) is 11.1 Å². The Morgan fingerprint density at radius 3 is 2.00 bits per heavy atom. The molecule has 20 heavy (non-hydrogen) atoms. The van der Waals surface area contributed by atoms with Crippen molar-refractivity contribution in [2.45, 2.75) is 11.8 Å². The second kappa shape index (κ2) is 5.37. The number of likely N-dealkylation sites (N-methyl/N-ethyl adjacent to an activating group) is 1. The molecule has 3 rings (SSSR count). The van der Waals surface area contributed by atoms with Crippen LogP contribution >= 0.6 is 0 Å². The summed E-state index contributed by atoms with van der Waals surface area (Å²) in [6, 6.07) is 19.9. The van der Waals surface area contributed by atoms with E-state index in [1.54, 1.807) is 0 Å². The van der Waals surface area contributed by atoms with Gasteiger partial charge in [0.05, 0.1) is 6.61 Å². The summed E-state index contributed by atoms with van der Waals surface area (Å²) in [4.78, 5) is 1.93. The van der Waals surface area contributed by atoms with Crippen molar-refractivity contribution < 1.29 is 9.84 Å². The van der Waals surface area contributed by atoms with E-state index in [9.17, 15) is 5.11 Å². The minimum absolute atomic E-state index is 0.595. The molecule has 0 spiro atoms. The molecule has 1 heterocycles. The Kier molecular flexibility index (Phi) is 3.57. The fraction of sp³-hybridized carbons (Fsp3) is 0.294. The maximum atomic E-state index is 10.8. The van der Waals surface area contributed by atoms with Crippen LogP contribution in [0.3, 0.4) is 0 Å². The molecular weight excluding hydrogens is 250 g/mol. The van der Waals surface area contributed by atoms with Crippen LogP contribution in [0.5, 0.6) is 0 Å². The molecule has 0 amide bonds. The summed E-state index contributed by atoms with van der Waals surface area (Å²) in [7, 11) is 1.92. The number of aliphatic hydroxyl groups excluding tert-OH is 1. The summed E-state index contributed by atoms with van der Waals surface area (Å²) < 4.78 is 6.13. The molecule has 1 unspecified atom stereocenters.